The minimum atomic E-state index is -0.512. The Hall–Kier alpha value is -4.34. The predicted molar refractivity (Wildman–Crippen MR) is 123 cm³/mol. The molecule has 0 saturated carbocycles. The Morgan fingerprint density at radius 1 is 1.15 bits per heavy atom. The lowest BCUT2D eigenvalue weighted by molar-refractivity contribution is 0.0519. The maximum Gasteiger partial charge on any atom is 0.360 e. The summed E-state index contributed by atoms with van der Waals surface area (Å²) in [7, 11) is 0. The van der Waals surface area contributed by atoms with Gasteiger partial charge in [0, 0.05) is 24.5 Å². The molecule has 0 fully saturated rings. The van der Waals surface area contributed by atoms with Crippen molar-refractivity contribution in [2.75, 3.05) is 6.61 Å². The number of carbonyl (C=O) groups is 1. The molecule has 0 aliphatic heterocycles. The molecule has 0 N–H and O–H groups in total. The van der Waals surface area contributed by atoms with Crippen molar-refractivity contribution in [1.82, 2.24) is 34.1 Å². The summed E-state index contributed by atoms with van der Waals surface area (Å²) in [6.45, 7) is 5.27. The molecule has 0 bridgehead atoms. The van der Waals surface area contributed by atoms with Crippen LogP contribution in [0.1, 0.15) is 30.2 Å². The number of rotatable bonds is 7. The minimum Gasteiger partial charge on any atom is -0.461 e. The molecule has 5 aromatic rings. The van der Waals surface area contributed by atoms with E-state index in [1.807, 2.05) is 35.0 Å². The average molecular weight is 459 g/mol. The van der Waals surface area contributed by atoms with Gasteiger partial charge in [0.2, 0.25) is 0 Å². The normalized spacial score (nSPS) is 11.3. The Morgan fingerprint density at radius 3 is 2.82 bits per heavy atom. The van der Waals surface area contributed by atoms with Crippen molar-refractivity contribution in [3.8, 4) is 17.1 Å². The summed E-state index contributed by atoms with van der Waals surface area (Å²) >= 11 is 0. The maximum absolute atomic E-state index is 13.7. The highest BCUT2D eigenvalue weighted by Gasteiger charge is 2.16. The van der Waals surface area contributed by atoms with Gasteiger partial charge in [0.1, 0.15) is 17.5 Å². The fourth-order valence-electron chi connectivity index (χ4n) is 3.95. The summed E-state index contributed by atoms with van der Waals surface area (Å²) in [6, 6.07) is 12.2. The van der Waals surface area contributed by atoms with Gasteiger partial charge >= 0.3 is 5.97 Å². The Bertz CT molecular complexity index is 1480. The van der Waals surface area contributed by atoms with E-state index >= 15 is 0 Å². The third-order valence-corrected chi connectivity index (χ3v) is 5.48. The van der Waals surface area contributed by atoms with Gasteiger partial charge in [-0.05, 0) is 44.2 Å². The number of hydrogen-bond donors (Lipinski definition) is 0. The van der Waals surface area contributed by atoms with E-state index in [1.165, 1.54) is 23.0 Å². The summed E-state index contributed by atoms with van der Waals surface area (Å²) in [5.74, 6) is 0.696. The van der Waals surface area contributed by atoms with Crippen LogP contribution >= 0.6 is 0 Å². The summed E-state index contributed by atoms with van der Waals surface area (Å²) in [5.41, 5.74) is 3.34. The molecule has 10 heteroatoms. The van der Waals surface area contributed by atoms with Gasteiger partial charge in [0.15, 0.2) is 5.69 Å². The zero-order valence-corrected chi connectivity index (χ0v) is 18.7. The fraction of sp³-hybridized carbons (Fsp3) is 0.208. The van der Waals surface area contributed by atoms with Gasteiger partial charge in [0.05, 0.1) is 36.1 Å². The second-order valence-corrected chi connectivity index (χ2v) is 7.60. The van der Waals surface area contributed by atoms with Crippen LogP contribution in [0.25, 0.3) is 28.1 Å². The molecule has 0 saturated heterocycles. The summed E-state index contributed by atoms with van der Waals surface area (Å²) < 4.78 is 24.3. The lowest BCUT2D eigenvalue weighted by Crippen LogP contribution is -2.08. The summed E-state index contributed by atoms with van der Waals surface area (Å²) in [5, 5.41) is 7.95. The predicted octanol–water partition coefficient (Wildman–Crippen LogP) is 3.86. The highest BCUT2D eigenvalue weighted by atomic mass is 19.1. The number of hydrogen-bond acceptors (Lipinski definition) is 6. The first-order valence-corrected chi connectivity index (χ1v) is 10.9. The molecule has 0 amide bonds. The van der Waals surface area contributed by atoms with Gasteiger partial charge in [-0.1, -0.05) is 17.3 Å². The van der Waals surface area contributed by atoms with Gasteiger partial charge in [-0.2, -0.15) is 0 Å². The Labute approximate surface area is 194 Å². The zero-order valence-electron chi connectivity index (χ0n) is 18.7. The van der Waals surface area contributed by atoms with Crippen LogP contribution in [0.3, 0.4) is 0 Å². The van der Waals surface area contributed by atoms with Crippen molar-refractivity contribution < 1.29 is 13.9 Å². The molecule has 0 unspecified atom stereocenters. The lowest BCUT2D eigenvalue weighted by atomic mass is 10.2. The number of aryl methyl sites for hydroxylation is 1. The second kappa shape index (κ2) is 8.89. The number of benzene rings is 2. The molecular weight excluding hydrogens is 437 g/mol. The van der Waals surface area contributed by atoms with Crippen molar-refractivity contribution in [2.24, 2.45) is 0 Å². The number of aromatic nitrogens is 7. The van der Waals surface area contributed by atoms with Crippen LogP contribution < -0.4 is 0 Å². The van der Waals surface area contributed by atoms with Crippen molar-refractivity contribution >= 4 is 17.0 Å². The zero-order chi connectivity index (χ0) is 23.7. The molecule has 3 heterocycles. The quantitative estimate of drug-likeness (QED) is 0.343. The van der Waals surface area contributed by atoms with E-state index < -0.39 is 5.97 Å². The SMILES string of the molecule is CCOC(=O)c1cn(-c2ccc3c(c2)nc(Cn2ccnc2-c2cccc(F)c2)n3CC)nn1. The van der Waals surface area contributed by atoms with E-state index in [9.17, 15) is 9.18 Å². The van der Waals surface area contributed by atoms with Crippen LogP contribution in [0.15, 0.2) is 61.1 Å². The van der Waals surface area contributed by atoms with Gasteiger partial charge in [-0.25, -0.2) is 23.8 Å². The number of esters is 1. The van der Waals surface area contributed by atoms with E-state index in [1.54, 1.807) is 19.2 Å². The molecule has 0 aliphatic rings. The van der Waals surface area contributed by atoms with Crippen LogP contribution in [0.5, 0.6) is 0 Å². The number of imidazole rings is 2. The first kappa shape index (κ1) is 21.5. The Balaban J connectivity index is 1.48. The van der Waals surface area contributed by atoms with E-state index in [2.05, 4.69) is 26.8 Å². The highest BCUT2D eigenvalue weighted by molar-refractivity contribution is 5.87. The number of carbonyl (C=O) groups excluding carboxylic acids is 1. The van der Waals surface area contributed by atoms with Crippen LogP contribution in [0, 0.1) is 5.82 Å². The second-order valence-electron chi connectivity index (χ2n) is 7.60. The average Bonchev–Trinajstić information content (AvgIpc) is 3.57. The van der Waals surface area contributed by atoms with Crippen molar-refractivity contribution in [3.05, 3.63) is 78.4 Å². The number of nitrogens with zero attached hydrogens (tertiary/aromatic N) is 7. The molecule has 0 radical (unpaired) electrons. The number of fused-ring (bicyclic) bond motifs is 1. The van der Waals surface area contributed by atoms with Gasteiger partial charge in [-0.15, -0.1) is 5.10 Å². The van der Waals surface area contributed by atoms with Gasteiger partial charge in [-0.3, -0.25) is 0 Å². The standard InChI is InChI=1S/C24H22FN7O2/c1-3-31-21-9-8-18(32-14-20(28-29-32)24(33)34-4-2)13-19(21)27-22(31)15-30-11-10-26-23(30)16-6-5-7-17(25)12-16/h5-14H,3-4,15H2,1-2H3. The first-order valence-electron chi connectivity index (χ1n) is 10.9. The lowest BCUT2D eigenvalue weighted by Gasteiger charge is -2.10. The van der Waals surface area contributed by atoms with E-state index in [0.29, 0.717) is 17.9 Å². The maximum atomic E-state index is 13.7. The fourth-order valence-corrected chi connectivity index (χ4v) is 3.95. The van der Waals surface area contributed by atoms with Crippen LogP contribution in [-0.2, 0) is 17.8 Å². The highest BCUT2D eigenvalue weighted by Crippen LogP contribution is 2.23. The van der Waals surface area contributed by atoms with Crippen molar-refractivity contribution in [1.29, 1.82) is 0 Å². The molecule has 2 aromatic carbocycles. The molecule has 0 aliphatic carbocycles. The first-order chi connectivity index (χ1) is 16.6. The molecule has 3 aromatic heterocycles. The molecule has 172 valence electrons. The smallest absolute Gasteiger partial charge is 0.360 e. The molecular formula is C24H22FN7O2. The molecule has 0 atom stereocenters. The van der Waals surface area contributed by atoms with Gasteiger partial charge in [0.25, 0.3) is 0 Å². The third kappa shape index (κ3) is 3.94. The van der Waals surface area contributed by atoms with E-state index in [4.69, 9.17) is 9.72 Å². The van der Waals surface area contributed by atoms with Crippen molar-refractivity contribution in [2.45, 2.75) is 26.9 Å². The molecule has 5 rings (SSSR count). The monoisotopic (exact) mass is 459 g/mol. The minimum absolute atomic E-state index is 0.145. The number of halogens is 1. The topological polar surface area (TPSA) is 92.7 Å². The Kier molecular flexibility index (Phi) is 5.62. The summed E-state index contributed by atoms with van der Waals surface area (Å²) in [6.07, 6.45) is 5.09. The van der Waals surface area contributed by atoms with E-state index in [0.717, 1.165) is 29.1 Å². The third-order valence-electron chi connectivity index (χ3n) is 5.48. The van der Waals surface area contributed by atoms with Crippen molar-refractivity contribution in [3.63, 3.8) is 0 Å². The summed E-state index contributed by atoms with van der Waals surface area (Å²) in [4.78, 5) is 21.2. The van der Waals surface area contributed by atoms with Crippen LogP contribution in [0.4, 0.5) is 4.39 Å². The van der Waals surface area contributed by atoms with E-state index in [-0.39, 0.29) is 18.1 Å². The van der Waals surface area contributed by atoms with Crippen LogP contribution in [-0.4, -0.2) is 46.7 Å². The number of ether oxygens (including phenoxy) is 1. The molecule has 34 heavy (non-hydrogen) atoms. The molecule has 0 spiro atoms. The van der Waals surface area contributed by atoms with Gasteiger partial charge < -0.3 is 13.9 Å². The van der Waals surface area contributed by atoms with Crippen LogP contribution in [0.2, 0.25) is 0 Å². The molecule has 9 nitrogen and oxygen atoms in total. The largest absolute Gasteiger partial charge is 0.461 e. The Morgan fingerprint density at radius 2 is 2.03 bits per heavy atom.